The molecule has 0 atom stereocenters. The Hall–Kier alpha value is -3.83. The van der Waals surface area contributed by atoms with Gasteiger partial charge in [0.25, 0.3) is 5.91 Å². The van der Waals surface area contributed by atoms with Gasteiger partial charge in [-0.15, -0.1) is 10.2 Å². The number of aromatic nitrogens is 4. The van der Waals surface area contributed by atoms with Crippen molar-refractivity contribution >= 4 is 5.91 Å². The van der Waals surface area contributed by atoms with Crippen LogP contribution in [0.5, 0.6) is 17.4 Å². The lowest BCUT2D eigenvalue weighted by molar-refractivity contribution is -0.143. The fourth-order valence-electron chi connectivity index (χ4n) is 3.22. The summed E-state index contributed by atoms with van der Waals surface area (Å²) in [5.41, 5.74) is -1.17. The Balaban J connectivity index is 1.62. The predicted octanol–water partition coefficient (Wildman–Crippen LogP) is 2.73. The SMILES string of the molecule is COc1ccc(-n2ncc(C(=O)N(C)Cc3ccc4c(c3)OCCO4)c2C(F)(F)F)nn1. The van der Waals surface area contributed by atoms with E-state index in [0.29, 0.717) is 35.0 Å². The number of ether oxygens (including phenoxy) is 3. The summed E-state index contributed by atoms with van der Waals surface area (Å²) in [6.45, 7) is 0.890. The molecule has 0 unspecified atom stereocenters. The first-order valence-corrected chi connectivity index (χ1v) is 9.45. The fraction of sp³-hybridized carbons (Fsp3) is 0.300. The van der Waals surface area contributed by atoms with E-state index >= 15 is 0 Å². The van der Waals surface area contributed by atoms with Crippen LogP contribution in [0.15, 0.2) is 36.5 Å². The second kappa shape index (κ2) is 8.36. The van der Waals surface area contributed by atoms with Crippen LogP contribution in [0, 0.1) is 0 Å². The molecule has 168 valence electrons. The Bertz CT molecular complexity index is 1130. The highest BCUT2D eigenvalue weighted by Crippen LogP contribution is 2.34. The van der Waals surface area contributed by atoms with Crippen LogP contribution in [0.1, 0.15) is 21.6 Å². The minimum atomic E-state index is -4.86. The van der Waals surface area contributed by atoms with Gasteiger partial charge in [-0.1, -0.05) is 6.07 Å². The van der Waals surface area contributed by atoms with E-state index in [0.717, 1.165) is 6.20 Å². The molecule has 0 aliphatic carbocycles. The van der Waals surface area contributed by atoms with E-state index in [4.69, 9.17) is 14.2 Å². The first kappa shape index (κ1) is 21.4. The molecule has 0 radical (unpaired) electrons. The minimum Gasteiger partial charge on any atom is -0.486 e. The summed E-state index contributed by atoms with van der Waals surface area (Å²) in [5.74, 6) is 0.184. The summed E-state index contributed by atoms with van der Waals surface area (Å²) in [4.78, 5) is 14.1. The van der Waals surface area contributed by atoms with Crippen molar-refractivity contribution in [3.05, 3.63) is 53.3 Å². The van der Waals surface area contributed by atoms with Gasteiger partial charge >= 0.3 is 6.18 Å². The van der Waals surface area contributed by atoms with Crippen molar-refractivity contribution in [2.45, 2.75) is 12.7 Å². The topological polar surface area (TPSA) is 91.6 Å². The van der Waals surface area contributed by atoms with Crippen molar-refractivity contribution < 1.29 is 32.2 Å². The molecule has 0 saturated carbocycles. The largest absolute Gasteiger partial charge is 0.486 e. The first-order chi connectivity index (χ1) is 15.3. The van der Waals surface area contributed by atoms with Crippen LogP contribution in [-0.2, 0) is 12.7 Å². The number of carbonyl (C=O) groups is 1. The van der Waals surface area contributed by atoms with Crippen molar-refractivity contribution in [3.8, 4) is 23.2 Å². The smallest absolute Gasteiger partial charge is 0.434 e. The van der Waals surface area contributed by atoms with Crippen LogP contribution in [0.25, 0.3) is 5.82 Å². The van der Waals surface area contributed by atoms with Crippen LogP contribution >= 0.6 is 0 Å². The number of benzene rings is 1. The Morgan fingerprint density at radius 1 is 1.16 bits per heavy atom. The molecule has 0 N–H and O–H groups in total. The number of alkyl halides is 3. The molecule has 0 spiro atoms. The molecule has 0 bridgehead atoms. The maximum atomic E-state index is 13.9. The number of methoxy groups -OCH3 is 1. The molecule has 0 fully saturated rings. The van der Waals surface area contributed by atoms with Gasteiger partial charge < -0.3 is 19.1 Å². The highest BCUT2D eigenvalue weighted by molar-refractivity contribution is 5.95. The van der Waals surface area contributed by atoms with Crippen molar-refractivity contribution in [1.29, 1.82) is 0 Å². The molecule has 3 aromatic rings. The van der Waals surface area contributed by atoms with Crippen molar-refractivity contribution in [3.63, 3.8) is 0 Å². The molecule has 1 amide bonds. The number of fused-ring (bicyclic) bond motifs is 1. The summed E-state index contributed by atoms with van der Waals surface area (Å²) in [7, 11) is 2.76. The van der Waals surface area contributed by atoms with Gasteiger partial charge in [0, 0.05) is 19.7 Å². The van der Waals surface area contributed by atoms with Gasteiger partial charge in [0.05, 0.1) is 18.9 Å². The Labute approximate surface area is 180 Å². The van der Waals surface area contributed by atoms with E-state index in [1.807, 2.05) is 0 Å². The van der Waals surface area contributed by atoms with Gasteiger partial charge in [0.15, 0.2) is 23.0 Å². The fourth-order valence-corrected chi connectivity index (χ4v) is 3.22. The highest BCUT2D eigenvalue weighted by Gasteiger charge is 2.41. The van der Waals surface area contributed by atoms with E-state index < -0.39 is 23.3 Å². The van der Waals surface area contributed by atoms with E-state index in [2.05, 4.69) is 15.3 Å². The number of amides is 1. The van der Waals surface area contributed by atoms with Gasteiger partial charge in [-0.2, -0.15) is 18.3 Å². The highest BCUT2D eigenvalue weighted by atomic mass is 19.4. The van der Waals surface area contributed by atoms with Crippen molar-refractivity contribution in [1.82, 2.24) is 24.9 Å². The van der Waals surface area contributed by atoms with Gasteiger partial charge in [0.2, 0.25) is 5.88 Å². The van der Waals surface area contributed by atoms with Crippen LogP contribution in [-0.4, -0.2) is 58.2 Å². The number of halogens is 3. The zero-order valence-electron chi connectivity index (χ0n) is 17.1. The van der Waals surface area contributed by atoms with Gasteiger partial charge in [0.1, 0.15) is 13.2 Å². The molecule has 32 heavy (non-hydrogen) atoms. The molecule has 0 saturated heterocycles. The normalized spacial score (nSPS) is 13.0. The summed E-state index contributed by atoms with van der Waals surface area (Å²) in [6.07, 6.45) is -3.99. The molecule has 3 heterocycles. The summed E-state index contributed by atoms with van der Waals surface area (Å²) >= 11 is 0. The third kappa shape index (κ3) is 4.15. The lowest BCUT2D eigenvalue weighted by Crippen LogP contribution is -2.29. The van der Waals surface area contributed by atoms with Crippen LogP contribution < -0.4 is 14.2 Å². The molecule has 1 aliphatic heterocycles. The molecular weight excluding hydrogens is 431 g/mol. The Morgan fingerprint density at radius 2 is 1.91 bits per heavy atom. The number of hydrogen-bond donors (Lipinski definition) is 0. The number of carbonyl (C=O) groups excluding carboxylic acids is 1. The zero-order valence-corrected chi connectivity index (χ0v) is 17.1. The number of hydrogen-bond acceptors (Lipinski definition) is 7. The van der Waals surface area contributed by atoms with E-state index in [1.54, 1.807) is 18.2 Å². The zero-order chi connectivity index (χ0) is 22.9. The lowest BCUT2D eigenvalue weighted by atomic mass is 10.1. The average Bonchev–Trinajstić information content (AvgIpc) is 3.24. The number of rotatable bonds is 5. The average molecular weight is 449 g/mol. The van der Waals surface area contributed by atoms with Crippen molar-refractivity contribution in [2.24, 2.45) is 0 Å². The van der Waals surface area contributed by atoms with Crippen molar-refractivity contribution in [2.75, 3.05) is 27.4 Å². The van der Waals surface area contributed by atoms with Gasteiger partial charge in [-0.05, 0) is 23.8 Å². The van der Waals surface area contributed by atoms with Crippen LogP contribution in [0.4, 0.5) is 13.2 Å². The second-order valence-electron chi connectivity index (χ2n) is 6.89. The third-order valence-electron chi connectivity index (χ3n) is 4.69. The second-order valence-corrected chi connectivity index (χ2v) is 6.89. The molecule has 1 aromatic carbocycles. The van der Waals surface area contributed by atoms with E-state index in [9.17, 15) is 18.0 Å². The standard InChI is InChI=1S/C20H18F3N5O4/c1-27(11-12-3-4-14-15(9-12)32-8-7-31-14)19(29)13-10-24-28(18(13)20(21,22)23)16-5-6-17(30-2)26-25-16/h3-6,9-10H,7-8,11H2,1-2H3. The van der Waals surface area contributed by atoms with Gasteiger partial charge in [-0.25, -0.2) is 4.68 Å². The summed E-state index contributed by atoms with van der Waals surface area (Å²) in [5, 5.41) is 11.1. The first-order valence-electron chi connectivity index (χ1n) is 9.45. The summed E-state index contributed by atoms with van der Waals surface area (Å²) < 4.78 is 58.0. The van der Waals surface area contributed by atoms with E-state index in [1.165, 1.54) is 31.2 Å². The minimum absolute atomic E-state index is 0.0558. The molecule has 2 aromatic heterocycles. The predicted molar refractivity (Wildman–Crippen MR) is 104 cm³/mol. The Morgan fingerprint density at radius 3 is 2.56 bits per heavy atom. The number of nitrogens with zero attached hydrogens (tertiary/aromatic N) is 5. The molecule has 1 aliphatic rings. The molecule has 12 heteroatoms. The Kier molecular flexibility index (Phi) is 5.59. The quantitative estimate of drug-likeness (QED) is 0.592. The molecular formula is C20H18F3N5O4. The maximum Gasteiger partial charge on any atom is 0.434 e. The van der Waals surface area contributed by atoms with E-state index in [-0.39, 0.29) is 18.2 Å². The third-order valence-corrected chi connectivity index (χ3v) is 4.69. The lowest BCUT2D eigenvalue weighted by Gasteiger charge is -2.21. The van der Waals surface area contributed by atoms with Crippen LogP contribution in [0.2, 0.25) is 0 Å². The monoisotopic (exact) mass is 449 g/mol. The maximum absolute atomic E-state index is 13.9. The van der Waals surface area contributed by atoms with Gasteiger partial charge in [-0.3, -0.25) is 4.79 Å². The molecule has 9 nitrogen and oxygen atoms in total. The van der Waals surface area contributed by atoms with Crippen LogP contribution in [0.3, 0.4) is 0 Å². The molecule has 4 rings (SSSR count). The summed E-state index contributed by atoms with van der Waals surface area (Å²) in [6, 6.07) is 7.72.